The number of nitrogens with one attached hydrogen (secondary N) is 2. The van der Waals surface area contributed by atoms with Crippen molar-refractivity contribution < 1.29 is 0 Å². The summed E-state index contributed by atoms with van der Waals surface area (Å²) in [5.74, 6) is 0. The zero-order valence-electron chi connectivity index (χ0n) is 12.0. The fraction of sp³-hybridized carbons (Fsp3) is 0.312. The van der Waals surface area contributed by atoms with Crippen LogP contribution in [0.1, 0.15) is 16.7 Å². The standard InChI is InChI=1S/C16H20N4/c1-12-3-4-16-15(7-12)14(10-18-16)5-6-17-8-13-9-19-20(2)11-13/h3-4,7,9-11,17-18H,5-6,8H2,1-2H3. The molecule has 0 fully saturated rings. The second-order valence-electron chi connectivity index (χ2n) is 5.31. The Kier molecular flexibility index (Phi) is 3.56. The van der Waals surface area contributed by atoms with Crippen LogP contribution >= 0.6 is 0 Å². The third-order valence-electron chi connectivity index (χ3n) is 3.58. The van der Waals surface area contributed by atoms with E-state index in [1.165, 1.54) is 27.6 Å². The van der Waals surface area contributed by atoms with E-state index in [1.807, 2.05) is 24.1 Å². The monoisotopic (exact) mass is 268 g/mol. The van der Waals surface area contributed by atoms with Crippen LogP contribution in [0.5, 0.6) is 0 Å². The topological polar surface area (TPSA) is 45.6 Å². The molecule has 3 aromatic rings. The molecule has 1 aromatic carbocycles. The molecule has 0 saturated heterocycles. The number of aryl methyl sites for hydroxylation is 2. The first-order chi connectivity index (χ1) is 9.72. The molecule has 0 atom stereocenters. The molecule has 2 heterocycles. The lowest BCUT2D eigenvalue weighted by molar-refractivity contribution is 0.687. The molecule has 2 aromatic heterocycles. The predicted molar refractivity (Wildman–Crippen MR) is 81.7 cm³/mol. The summed E-state index contributed by atoms with van der Waals surface area (Å²) in [6.45, 7) is 3.97. The average Bonchev–Trinajstić information content (AvgIpc) is 3.01. The van der Waals surface area contributed by atoms with Crippen LogP contribution in [-0.2, 0) is 20.0 Å². The molecule has 0 saturated carbocycles. The summed E-state index contributed by atoms with van der Waals surface area (Å²) in [6.07, 6.45) is 7.10. The second kappa shape index (κ2) is 5.51. The Bertz CT molecular complexity index is 708. The van der Waals surface area contributed by atoms with Crippen LogP contribution in [0.3, 0.4) is 0 Å². The highest BCUT2D eigenvalue weighted by Gasteiger charge is 2.03. The Balaban J connectivity index is 1.58. The van der Waals surface area contributed by atoms with Gasteiger partial charge in [0.05, 0.1) is 6.20 Å². The molecule has 0 radical (unpaired) electrons. The summed E-state index contributed by atoms with van der Waals surface area (Å²) in [5, 5.41) is 8.97. The smallest absolute Gasteiger partial charge is 0.0534 e. The highest BCUT2D eigenvalue weighted by atomic mass is 15.2. The first-order valence-electron chi connectivity index (χ1n) is 6.97. The SMILES string of the molecule is Cc1ccc2[nH]cc(CCNCc3cnn(C)c3)c2c1. The number of rotatable bonds is 5. The van der Waals surface area contributed by atoms with Crippen molar-refractivity contribution in [2.24, 2.45) is 7.05 Å². The van der Waals surface area contributed by atoms with Crippen molar-refractivity contribution in [1.29, 1.82) is 0 Å². The van der Waals surface area contributed by atoms with Crippen molar-refractivity contribution in [3.8, 4) is 0 Å². The van der Waals surface area contributed by atoms with Gasteiger partial charge in [-0.15, -0.1) is 0 Å². The maximum atomic E-state index is 4.17. The normalized spacial score (nSPS) is 11.3. The van der Waals surface area contributed by atoms with E-state index in [0.29, 0.717) is 0 Å². The van der Waals surface area contributed by atoms with E-state index in [0.717, 1.165) is 19.5 Å². The van der Waals surface area contributed by atoms with Gasteiger partial charge < -0.3 is 10.3 Å². The number of hydrogen-bond acceptors (Lipinski definition) is 2. The quantitative estimate of drug-likeness (QED) is 0.699. The molecule has 0 unspecified atom stereocenters. The lowest BCUT2D eigenvalue weighted by Gasteiger charge is -2.03. The first kappa shape index (κ1) is 12.9. The maximum Gasteiger partial charge on any atom is 0.0534 e. The molecular formula is C16H20N4. The Hall–Kier alpha value is -2.07. The van der Waals surface area contributed by atoms with E-state index in [4.69, 9.17) is 0 Å². The van der Waals surface area contributed by atoms with Crippen LogP contribution in [0.15, 0.2) is 36.8 Å². The molecule has 0 aliphatic carbocycles. The molecule has 0 aliphatic rings. The molecule has 4 heteroatoms. The van der Waals surface area contributed by atoms with Crippen LogP contribution in [-0.4, -0.2) is 21.3 Å². The summed E-state index contributed by atoms with van der Waals surface area (Å²) in [7, 11) is 1.94. The zero-order valence-corrected chi connectivity index (χ0v) is 12.0. The van der Waals surface area contributed by atoms with Crippen LogP contribution in [0.25, 0.3) is 10.9 Å². The van der Waals surface area contributed by atoms with E-state index in [9.17, 15) is 0 Å². The number of benzene rings is 1. The third-order valence-corrected chi connectivity index (χ3v) is 3.58. The molecule has 2 N–H and O–H groups in total. The molecule has 104 valence electrons. The van der Waals surface area contributed by atoms with Gasteiger partial charge in [-0.2, -0.15) is 5.10 Å². The summed E-state index contributed by atoms with van der Waals surface area (Å²) < 4.78 is 1.83. The van der Waals surface area contributed by atoms with Gasteiger partial charge in [0.15, 0.2) is 0 Å². The number of H-pyrrole nitrogens is 1. The van der Waals surface area contributed by atoms with Gasteiger partial charge in [0.2, 0.25) is 0 Å². The van der Waals surface area contributed by atoms with Gasteiger partial charge in [-0.25, -0.2) is 0 Å². The molecule has 20 heavy (non-hydrogen) atoms. The fourth-order valence-electron chi connectivity index (χ4n) is 2.52. The Morgan fingerprint density at radius 1 is 1.35 bits per heavy atom. The van der Waals surface area contributed by atoms with Crippen molar-refractivity contribution in [2.75, 3.05) is 6.54 Å². The molecule has 0 bridgehead atoms. The summed E-state index contributed by atoms with van der Waals surface area (Å²) >= 11 is 0. The van der Waals surface area contributed by atoms with Crippen LogP contribution < -0.4 is 5.32 Å². The van der Waals surface area contributed by atoms with Gasteiger partial charge >= 0.3 is 0 Å². The summed E-state index contributed by atoms with van der Waals surface area (Å²) in [4.78, 5) is 3.34. The van der Waals surface area contributed by atoms with E-state index in [2.05, 4.69) is 46.7 Å². The number of aromatic amines is 1. The summed E-state index contributed by atoms with van der Waals surface area (Å²) in [5.41, 5.74) is 5.13. The molecular weight excluding hydrogens is 248 g/mol. The van der Waals surface area contributed by atoms with Crippen LogP contribution in [0.4, 0.5) is 0 Å². The van der Waals surface area contributed by atoms with Crippen LogP contribution in [0.2, 0.25) is 0 Å². The van der Waals surface area contributed by atoms with Crippen molar-refractivity contribution >= 4 is 10.9 Å². The number of fused-ring (bicyclic) bond motifs is 1. The highest BCUT2D eigenvalue weighted by Crippen LogP contribution is 2.19. The number of nitrogens with zero attached hydrogens (tertiary/aromatic N) is 2. The minimum atomic E-state index is 0.870. The maximum absolute atomic E-state index is 4.17. The number of aromatic nitrogens is 3. The fourth-order valence-corrected chi connectivity index (χ4v) is 2.52. The Labute approximate surface area is 118 Å². The predicted octanol–water partition coefficient (Wildman–Crippen LogP) is 2.54. The molecule has 3 rings (SSSR count). The van der Waals surface area contributed by atoms with Crippen molar-refractivity contribution in [2.45, 2.75) is 19.9 Å². The van der Waals surface area contributed by atoms with Gasteiger partial charge in [0, 0.05) is 42.5 Å². The van der Waals surface area contributed by atoms with Crippen LogP contribution in [0, 0.1) is 6.92 Å². The zero-order chi connectivity index (χ0) is 13.9. The molecule has 0 aliphatic heterocycles. The minimum absolute atomic E-state index is 0.870. The van der Waals surface area contributed by atoms with Gasteiger partial charge in [-0.05, 0) is 37.6 Å². The third kappa shape index (κ3) is 2.75. The van der Waals surface area contributed by atoms with E-state index in [-0.39, 0.29) is 0 Å². The lowest BCUT2D eigenvalue weighted by atomic mass is 10.1. The van der Waals surface area contributed by atoms with Crippen molar-refractivity contribution in [1.82, 2.24) is 20.1 Å². The molecule has 0 spiro atoms. The first-order valence-corrected chi connectivity index (χ1v) is 6.97. The van der Waals surface area contributed by atoms with E-state index < -0.39 is 0 Å². The van der Waals surface area contributed by atoms with Gasteiger partial charge in [0.25, 0.3) is 0 Å². The summed E-state index contributed by atoms with van der Waals surface area (Å²) in [6, 6.07) is 6.54. The minimum Gasteiger partial charge on any atom is -0.361 e. The Morgan fingerprint density at radius 2 is 2.25 bits per heavy atom. The van der Waals surface area contributed by atoms with Gasteiger partial charge in [-0.1, -0.05) is 11.6 Å². The van der Waals surface area contributed by atoms with E-state index in [1.54, 1.807) is 0 Å². The lowest BCUT2D eigenvalue weighted by Crippen LogP contribution is -2.16. The van der Waals surface area contributed by atoms with E-state index >= 15 is 0 Å². The largest absolute Gasteiger partial charge is 0.361 e. The number of hydrogen-bond donors (Lipinski definition) is 2. The average molecular weight is 268 g/mol. The van der Waals surface area contributed by atoms with Gasteiger partial charge in [0.1, 0.15) is 0 Å². The van der Waals surface area contributed by atoms with Crippen molar-refractivity contribution in [3.05, 3.63) is 53.5 Å². The molecule has 4 nitrogen and oxygen atoms in total. The van der Waals surface area contributed by atoms with Crippen molar-refractivity contribution in [3.63, 3.8) is 0 Å². The second-order valence-corrected chi connectivity index (χ2v) is 5.31. The Morgan fingerprint density at radius 3 is 3.05 bits per heavy atom. The highest BCUT2D eigenvalue weighted by molar-refractivity contribution is 5.83. The molecule has 0 amide bonds. The van der Waals surface area contributed by atoms with Gasteiger partial charge in [-0.3, -0.25) is 4.68 Å².